The van der Waals surface area contributed by atoms with E-state index in [-0.39, 0.29) is 18.1 Å². The Hall–Kier alpha value is -2.53. The van der Waals surface area contributed by atoms with Crippen LogP contribution in [0.2, 0.25) is 0 Å². The van der Waals surface area contributed by atoms with E-state index in [9.17, 15) is 8.42 Å². The first-order chi connectivity index (χ1) is 15.5. The van der Waals surface area contributed by atoms with Gasteiger partial charge in [0.15, 0.2) is 15.7 Å². The van der Waals surface area contributed by atoms with Crippen molar-refractivity contribution in [3.8, 4) is 11.4 Å². The number of rotatable bonds is 10. The molecular formula is C22H28N4O5S. The van der Waals surface area contributed by atoms with E-state index >= 15 is 0 Å². The third kappa shape index (κ3) is 5.83. The molecule has 0 amide bonds. The molecule has 32 heavy (non-hydrogen) atoms. The third-order valence-electron chi connectivity index (χ3n) is 5.25. The zero-order valence-corrected chi connectivity index (χ0v) is 18.9. The molecule has 1 N–H and O–H groups in total. The van der Waals surface area contributed by atoms with E-state index < -0.39 is 9.84 Å². The highest BCUT2D eigenvalue weighted by Gasteiger charge is 2.19. The lowest BCUT2D eigenvalue weighted by atomic mass is 10.1. The average Bonchev–Trinajstić information content (AvgIpc) is 3.27. The highest BCUT2D eigenvalue weighted by molar-refractivity contribution is 7.90. The van der Waals surface area contributed by atoms with Gasteiger partial charge in [-0.1, -0.05) is 0 Å². The van der Waals surface area contributed by atoms with Gasteiger partial charge in [-0.15, -0.1) is 0 Å². The summed E-state index contributed by atoms with van der Waals surface area (Å²) in [5.74, 6) is 0.991. The van der Waals surface area contributed by atoms with Crippen LogP contribution in [0.1, 0.15) is 5.69 Å². The lowest BCUT2D eigenvalue weighted by molar-refractivity contribution is 0.0785. The maximum atomic E-state index is 12.7. The van der Waals surface area contributed by atoms with Crippen LogP contribution in [0.4, 0.5) is 5.82 Å². The minimum Gasteiger partial charge on any atom is -0.382 e. The van der Waals surface area contributed by atoms with E-state index in [1.165, 1.54) is 0 Å². The molecule has 0 bridgehead atoms. The summed E-state index contributed by atoms with van der Waals surface area (Å²) in [7, 11) is -1.82. The molecule has 1 aliphatic rings. The fourth-order valence-electron chi connectivity index (χ4n) is 3.56. The van der Waals surface area contributed by atoms with Crippen LogP contribution < -0.4 is 4.90 Å². The van der Waals surface area contributed by atoms with Crippen LogP contribution in [0, 0.1) is 0 Å². The molecule has 2 aromatic heterocycles. The second-order valence-corrected chi connectivity index (χ2v) is 9.80. The molecule has 3 heterocycles. The number of nitrogens with one attached hydrogen (secondary N) is 1. The summed E-state index contributed by atoms with van der Waals surface area (Å²) in [6.45, 7) is 3.56. The summed E-state index contributed by atoms with van der Waals surface area (Å²) >= 11 is 0. The van der Waals surface area contributed by atoms with Gasteiger partial charge < -0.3 is 24.1 Å². The SMILES string of the molecule is COCCOCCS(=O)(=O)Cc1cc(N2CCOCC2)nc(-c2ccc3[nH]ccc3c2)n1. The van der Waals surface area contributed by atoms with Gasteiger partial charge in [-0.3, -0.25) is 0 Å². The molecule has 3 aromatic rings. The second-order valence-electron chi connectivity index (χ2n) is 7.62. The Kier molecular flexibility index (Phi) is 7.36. The maximum absolute atomic E-state index is 12.7. The van der Waals surface area contributed by atoms with Gasteiger partial charge in [-0.2, -0.15) is 0 Å². The minimum absolute atomic E-state index is 0.0712. The predicted octanol–water partition coefficient (Wildman–Crippen LogP) is 2.04. The number of H-pyrrole nitrogens is 1. The van der Waals surface area contributed by atoms with Crippen molar-refractivity contribution in [2.45, 2.75) is 5.75 Å². The normalized spacial score (nSPS) is 14.8. The van der Waals surface area contributed by atoms with E-state index in [1.807, 2.05) is 30.5 Å². The predicted molar refractivity (Wildman–Crippen MR) is 123 cm³/mol. The summed E-state index contributed by atoms with van der Waals surface area (Å²) in [4.78, 5) is 14.7. The summed E-state index contributed by atoms with van der Waals surface area (Å²) < 4.78 is 41.1. The molecule has 9 nitrogen and oxygen atoms in total. The second kappa shape index (κ2) is 10.4. The van der Waals surface area contributed by atoms with Gasteiger partial charge in [0.05, 0.1) is 50.2 Å². The number of benzene rings is 1. The quantitative estimate of drug-likeness (QED) is 0.458. The van der Waals surface area contributed by atoms with Crippen molar-refractivity contribution in [2.24, 2.45) is 0 Å². The first-order valence-corrected chi connectivity index (χ1v) is 12.4. The van der Waals surface area contributed by atoms with Crippen LogP contribution >= 0.6 is 0 Å². The molecular weight excluding hydrogens is 432 g/mol. The Morgan fingerprint density at radius 1 is 1.09 bits per heavy atom. The molecule has 1 aromatic carbocycles. The maximum Gasteiger partial charge on any atom is 0.161 e. The standard InChI is InChI=1S/C22H28N4O5S/c1-29-10-11-31-12-13-32(27,28)16-19-15-21(26-6-8-30-9-7-26)25-22(24-19)18-2-3-20-17(14-18)4-5-23-20/h2-5,14-15,23H,6-13,16H2,1H3. The number of aromatic nitrogens is 3. The van der Waals surface area contributed by atoms with E-state index in [4.69, 9.17) is 19.2 Å². The molecule has 10 heteroatoms. The average molecular weight is 461 g/mol. The van der Waals surface area contributed by atoms with Crippen molar-refractivity contribution in [3.05, 3.63) is 42.2 Å². The van der Waals surface area contributed by atoms with Crippen LogP contribution in [0.25, 0.3) is 22.3 Å². The van der Waals surface area contributed by atoms with Gasteiger partial charge in [-0.25, -0.2) is 18.4 Å². The molecule has 0 atom stereocenters. The fraction of sp³-hybridized carbons (Fsp3) is 0.455. The molecule has 0 unspecified atom stereocenters. The smallest absolute Gasteiger partial charge is 0.161 e. The summed E-state index contributed by atoms with van der Waals surface area (Å²) in [6, 6.07) is 9.68. The van der Waals surface area contributed by atoms with Crippen molar-refractivity contribution in [1.29, 1.82) is 0 Å². The number of ether oxygens (including phenoxy) is 3. The van der Waals surface area contributed by atoms with E-state index in [1.54, 1.807) is 13.2 Å². The number of fused-ring (bicyclic) bond motifs is 1. The zero-order valence-electron chi connectivity index (χ0n) is 18.1. The van der Waals surface area contributed by atoms with Gasteiger partial charge in [0, 0.05) is 48.9 Å². The van der Waals surface area contributed by atoms with Crippen LogP contribution in [-0.2, 0) is 29.8 Å². The zero-order chi connectivity index (χ0) is 22.4. The van der Waals surface area contributed by atoms with Crippen LogP contribution in [0.5, 0.6) is 0 Å². The number of hydrogen-bond donors (Lipinski definition) is 1. The Morgan fingerprint density at radius 2 is 1.94 bits per heavy atom. The van der Waals surface area contributed by atoms with Crippen LogP contribution in [0.3, 0.4) is 0 Å². The number of sulfone groups is 1. The van der Waals surface area contributed by atoms with Crippen molar-refractivity contribution in [3.63, 3.8) is 0 Å². The van der Waals surface area contributed by atoms with Crippen molar-refractivity contribution in [2.75, 3.05) is 63.9 Å². The Bertz CT molecular complexity index is 1140. The summed E-state index contributed by atoms with van der Waals surface area (Å²) in [5.41, 5.74) is 2.34. The molecule has 172 valence electrons. The number of anilines is 1. The first-order valence-electron chi connectivity index (χ1n) is 10.6. The number of hydrogen-bond acceptors (Lipinski definition) is 8. The van der Waals surface area contributed by atoms with Crippen LogP contribution in [0.15, 0.2) is 36.5 Å². The van der Waals surface area contributed by atoms with Gasteiger partial charge in [0.1, 0.15) is 5.82 Å². The Balaban J connectivity index is 1.59. The number of nitrogens with zero attached hydrogens (tertiary/aromatic N) is 3. The van der Waals surface area contributed by atoms with Crippen LogP contribution in [-0.4, -0.2) is 82.4 Å². The van der Waals surface area contributed by atoms with Gasteiger partial charge in [0.2, 0.25) is 0 Å². The molecule has 0 radical (unpaired) electrons. The van der Waals surface area contributed by atoms with Gasteiger partial charge >= 0.3 is 0 Å². The number of morpholine rings is 1. The van der Waals surface area contributed by atoms with E-state index in [0.29, 0.717) is 56.9 Å². The van der Waals surface area contributed by atoms with Crippen molar-refractivity contribution in [1.82, 2.24) is 15.0 Å². The molecule has 1 aliphatic heterocycles. The lowest BCUT2D eigenvalue weighted by Gasteiger charge is -2.28. The lowest BCUT2D eigenvalue weighted by Crippen LogP contribution is -2.37. The van der Waals surface area contributed by atoms with Crippen molar-refractivity contribution >= 4 is 26.6 Å². The Morgan fingerprint density at radius 3 is 2.75 bits per heavy atom. The highest BCUT2D eigenvalue weighted by atomic mass is 32.2. The topological polar surface area (TPSA) is 107 Å². The molecule has 4 rings (SSSR count). The highest BCUT2D eigenvalue weighted by Crippen LogP contribution is 2.25. The summed E-state index contributed by atoms with van der Waals surface area (Å²) in [5, 5.41) is 1.05. The largest absolute Gasteiger partial charge is 0.382 e. The third-order valence-corrected chi connectivity index (χ3v) is 6.77. The van der Waals surface area contributed by atoms with E-state index in [0.717, 1.165) is 16.5 Å². The summed E-state index contributed by atoms with van der Waals surface area (Å²) in [6.07, 6.45) is 1.88. The van der Waals surface area contributed by atoms with Gasteiger partial charge in [0.25, 0.3) is 0 Å². The van der Waals surface area contributed by atoms with Crippen molar-refractivity contribution < 1.29 is 22.6 Å². The molecule has 1 fully saturated rings. The number of methoxy groups -OCH3 is 1. The number of aromatic amines is 1. The Labute approximate surface area is 187 Å². The van der Waals surface area contributed by atoms with E-state index in [2.05, 4.69) is 14.9 Å². The van der Waals surface area contributed by atoms with Gasteiger partial charge in [-0.05, 0) is 24.3 Å². The first kappa shape index (κ1) is 22.7. The molecule has 1 saturated heterocycles. The fourth-order valence-corrected chi connectivity index (χ4v) is 4.68. The molecule has 0 aliphatic carbocycles. The molecule has 0 saturated carbocycles. The monoisotopic (exact) mass is 460 g/mol. The minimum atomic E-state index is -3.40. The molecule has 0 spiro atoms.